The summed E-state index contributed by atoms with van der Waals surface area (Å²) in [6, 6.07) is 0.608. The van der Waals surface area contributed by atoms with Crippen LogP contribution in [0.4, 0.5) is 0 Å². The third kappa shape index (κ3) is 2.36. The van der Waals surface area contributed by atoms with Crippen LogP contribution in [-0.4, -0.2) is 41.3 Å². The van der Waals surface area contributed by atoms with Gasteiger partial charge in [-0.1, -0.05) is 16.7 Å². The van der Waals surface area contributed by atoms with E-state index in [1.54, 1.807) is 0 Å². The second kappa shape index (κ2) is 5.71. The lowest BCUT2D eigenvalue weighted by Gasteiger charge is -2.42. The van der Waals surface area contributed by atoms with Gasteiger partial charge in [0.15, 0.2) is 5.70 Å². The number of oxime groups is 1. The largest absolute Gasteiger partial charge is 0.388 e. The molecule has 0 saturated heterocycles. The van der Waals surface area contributed by atoms with E-state index in [1.165, 1.54) is 37.8 Å². The highest BCUT2D eigenvalue weighted by molar-refractivity contribution is 6.03. The van der Waals surface area contributed by atoms with Gasteiger partial charge in [-0.15, -0.1) is 0 Å². The Labute approximate surface area is 138 Å². The normalized spacial score (nSPS) is 40.0. The minimum absolute atomic E-state index is 0.0568. The van der Waals surface area contributed by atoms with Crippen molar-refractivity contribution in [3.05, 3.63) is 11.8 Å². The van der Waals surface area contributed by atoms with Crippen LogP contribution in [0.3, 0.4) is 0 Å². The van der Waals surface area contributed by atoms with Crippen LogP contribution in [0.2, 0.25) is 0 Å². The van der Waals surface area contributed by atoms with Crippen molar-refractivity contribution >= 4 is 11.9 Å². The predicted octanol–water partition coefficient (Wildman–Crippen LogP) is 2.92. The molecule has 5 nitrogen and oxygen atoms in total. The molecule has 0 aromatic carbocycles. The van der Waals surface area contributed by atoms with E-state index < -0.39 is 0 Å². The second-order valence-electron chi connectivity index (χ2n) is 7.75. The first kappa shape index (κ1) is 15.3. The molecule has 1 unspecified atom stereocenters. The van der Waals surface area contributed by atoms with E-state index in [0.29, 0.717) is 12.0 Å². The number of quaternary nitrogens is 1. The quantitative estimate of drug-likeness (QED) is 0.810. The van der Waals surface area contributed by atoms with Gasteiger partial charge in [0.2, 0.25) is 0 Å². The molecular weight excluding hydrogens is 288 g/mol. The van der Waals surface area contributed by atoms with Crippen LogP contribution < -0.4 is 5.73 Å². The van der Waals surface area contributed by atoms with Crippen LogP contribution in [0.15, 0.2) is 22.0 Å². The summed E-state index contributed by atoms with van der Waals surface area (Å²) in [5.74, 6) is 0.613. The average Bonchev–Trinajstić information content (AvgIpc) is 3.19. The molecule has 2 fully saturated rings. The number of rotatable bonds is 4. The number of allylic oxidation sites excluding steroid dienone is 2. The fraction of sp³-hybridized carbons (Fsp3) is 0.778. The molecule has 4 rings (SSSR count). The summed E-state index contributed by atoms with van der Waals surface area (Å²) in [6.07, 6.45) is 13.8. The monoisotopic (exact) mass is 317 g/mol. The van der Waals surface area contributed by atoms with Gasteiger partial charge in [0.25, 0.3) is 0 Å². The zero-order valence-electron chi connectivity index (χ0n) is 14.2. The molecule has 0 aromatic rings. The van der Waals surface area contributed by atoms with Crippen LogP contribution in [0.25, 0.3) is 0 Å². The first-order chi connectivity index (χ1) is 11.2. The molecule has 0 bridgehead atoms. The van der Waals surface area contributed by atoms with Gasteiger partial charge in [-0.05, 0) is 45.1 Å². The van der Waals surface area contributed by atoms with E-state index in [0.717, 1.165) is 42.7 Å². The summed E-state index contributed by atoms with van der Waals surface area (Å²) in [4.78, 5) is 5.88. The molecular formula is C18H29N4O+. The zero-order valence-corrected chi connectivity index (χ0v) is 14.2. The number of nitrogens with zero attached hydrogens (tertiary/aromatic N) is 3. The summed E-state index contributed by atoms with van der Waals surface area (Å²) in [6.45, 7) is 4.03. The van der Waals surface area contributed by atoms with Crippen LogP contribution in [0, 0.1) is 5.92 Å². The summed E-state index contributed by atoms with van der Waals surface area (Å²) in [5.41, 5.74) is 8.13. The van der Waals surface area contributed by atoms with Gasteiger partial charge in [0.1, 0.15) is 23.9 Å². The van der Waals surface area contributed by atoms with E-state index in [-0.39, 0.29) is 5.60 Å². The molecule has 4 aliphatic rings. The van der Waals surface area contributed by atoms with Crippen molar-refractivity contribution < 1.29 is 9.43 Å². The van der Waals surface area contributed by atoms with Crippen LogP contribution in [0.5, 0.6) is 0 Å². The molecule has 2 aliphatic heterocycles. The minimum Gasteiger partial charge on any atom is -0.388 e. The maximum absolute atomic E-state index is 5.88. The minimum atomic E-state index is -0.0568. The number of hydrogen-bond acceptors (Lipinski definition) is 4. The maximum atomic E-state index is 5.88. The van der Waals surface area contributed by atoms with E-state index in [2.05, 4.69) is 18.2 Å². The molecule has 0 radical (unpaired) electrons. The average molecular weight is 317 g/mol. The lowest BCUT2D eigenvalue weighted by Crippen LogP contribution is -2.52. The smallest absolute Gasteiger partial charge is 0.186 e. The molecule has 2 N–H and O–H groups in total. The Morgan fingerprint density at radius 3 is 2.78 bits per heavy atom. The fourth-order valence-electron chi connectivity index (χ4n) is 5.08. The van der Waals surface area contributed by atoms with Crippen molar-refractivity contribution in [3.63, 3.8) is 0 Å². The van der Waals surface area contributed by atoms with Crippen molar-refractivity contribution in [2.75, 3.05) is 13.1 Å². The standard InChI is InChI=1S/C18H29N4O/c1-2-22(15-6-4-3-5-7-15)17(8-9-20-22)16-12-18(23-21-16)10-14(11-18)13-19/h8-9,14-15H,2-7,10-13,19H2,1H3/q+1. The molecule has 5 heteroatoms. The van der Waals surface area contributed by atoms with Crippen LogP contribution in [-0.2, 0) is 4.84 Å². The fourth-order valence-corrected chi connectivity index (χ4v) is 5.08. The van der Waals surface area contributed by atoms with Gasteiger partial charge < -0.3 is 10.6 Å². The third-order valence-electron chi connectivity index (χ3n) is 6.37. The SMILES string of the molecule is CC[N+]1(C2CCCCC2)N=CC=C1C1=NOC2(C1)CC(CN)C2. The highest BCUT2D eigenvalue weighted by atomic mass is 16.7. The van der Waals surface area contributed by atoms with E-state index in [9.17, 15) is 0 Å². The Balaban J connectivity index is 1.52. The number of nitrogens with two attached hydrogens (primary N) is 1. The molecule has 1 atom stereocenters. The van der Waals surface area contributed by atoms with Crippen molar-refractivity contribution in [2.24, 2.45) is 21.9 Å². The molecule has 2 saturated carbocycles. The van der Waals surface area contributed by atoms with Crippen LogP contribution in [0.1, 0.15) is 58.3 Å². The Morgan fingerprint density at radius 1 is 1.30 bits per heavy atom. The zero-order chi connectivity index (χ0) is 15.9. The summed E-state index contributed by atoms with van der Waals surface area (Å²) in [7, 11) is 0. The van der Waals surface area contributed by atoms with Crippen molar-refractivity contribution in [1.29, 1.82) is 0 Å². The second-order valence-corrected chi connectivity index (χ2v) is 7.75. The predicted molar refractivity (Wildman–Crippen MR) is 91.9 cm³/mol. The summed E-state index contributed by atoms with van der Waals surface area (Å²) >= 11 is 0. The van der Waals surface area contributed by atoms with Gasteiger partial charge in [0.05, 0.1) is 6.21 Å². The van der Waals surface area contributed by atoms with Crippen molar-refractivity contribution in [1.82, 2.24) is 0 Å². The van der Waals surface area contributed by atoms with Crippen molar-refractivity contribution in [2.45, 2.75) is 69.9 Å². The Kier molecular flexibility index (Phi) is 3.81. The molecule has 0 aromatic heterocycles. The Hall–Kier alpha value is -1.20. The van der Waals surface area contributed by atoms with E-state index >= 15 is 0 Å². The molecule has 2 heterocycles. The van der Waals surface area contributed by atoms with Gasteiger partial charge in [0, 0.05) is 25.3 Å². The first-order valence-corrected chi connectivity index (χ1v) is 9.31. The van der Waals surface area contributed by atoms with Crippen molar-refractivity contribution in [3.8, 4) is 0 Å². The maximum Gasteiger partial charge on any atom is 0.186 e. The first-order valence-electron chi connectivity index (χ1n) is 9.31. The summed E-state index contributed by atoms with van der Waals surface area (Å²) in [5, 5.41) is 9.43. The molecule has 2 aliphatic carbocycles. The lowest BCUT2D eigenvalue weighted by atomic mass is 9.68. The van der Waals surface area contributed by atoms with E-state index in [4.69, 9.17) is 15.7 Å². The molecule has 126 valence electrons. The topological polar surface area (TPSA) is 60.0 Å². The van der Waals surface area contributed by atoms with Crippen LogP contribution >= 0.6 is 0 Å². The van der Waals surface area contributed by atoms with Gasteiger partial charge in [-0.25, -0.2) is 0 Å². The third-order valence-corrected chi connectivity index (χ3v) is 6.37. The number of hydrogen-bond donors (Lipinski definition) is 1. The Bertz CT molecular complexity index is 555. The van der Waals surface area contributed by atoms with Gasteiger partial charge in [-0.3, -0.25) is 0 Å². The molecule has 0 amide bonds. The summed E-state index contributed by atoms with van der Waals surface area (Å²) < 4.78 is 0.749. The van der Waals surface area contributed by atoms with Gasteiger partial charge >= 0.3 is 0 Å². The highest BCUT2D eigenvalue weighted by Gasteiger charge is 2.54. The highest BCUT2D eigenvalue weighted by Crippen LogP contribution is 2.48. The Morgan fingerprint density at radius 2 is 2.09 bits per heavy atom. The molecule has 1 spiro atoms. The van der Waals surface area contributed by atoms with E-state index in [1.807, 2.05) is 6.21 Å². The molecule has 23 heavy (non-hydrogen) atoms. The lowest BCUT2D eigenvalue weighted by molar-refractivity contribution is -0.915. The van der Waals surface area contributed by atoms with Gasteiger partial charge in [-0.2, -0.15) is 4.59 Å².